The Morgan fingerprint density at radius 2 is 1.74 bits per heavy atom. The van der Waals surface area contributed by atoms with Gasteiger partial charge in [0.2, 0.25) is 0 Å². The average Bonchev–Trinajstić information content (AvgIpc) is 3.00. The van der Waals surface area contributed by atoms with Gasteiger partial charge in [0.1, 0.15) is 5.82 Å². The molecule has 0 unspecified atom stereocenters. The van der Waals surface area contributed by atoms with Crippen molar-refractivity contribution >= 4 is 23.0 Å². The Kier molecular flexibility index (Phi) is 10.00. The van der Waals surface area contributed by atoms with Crippen molar-refractivity contribution in [3.63, 3.8) is 0 Å². The third kappa shape index (κ3) is 7.43. The third-order valence-corrected chi connectivity index (χ3v) is 8.26. The molecule has 8 heteroatoms. The summed E-state index contributed by atoms with van der Waals surface area (Å²) in [6.45, 7) is 14.5. The van der Waals surface area contributed by atoms with Gasteiger partial charge in [-0.2, -0.15) is 0 Å². The van der Waals surface area contributed by atoms with Gasteiger partial charge in [0, 0.05) is 69.3 Å². The monoisotopic (exact) mass is 568 g/mol. The van der Waals surface area contributed by atoms with Crippen LogP contribution in [0.3, 0.4) is 0 Å². The van der Waals surface area contributed by atoms with E-state index in [9.17, 15) is 4.79 Å². The minimum absolute atomic E-state index is 0.102. The number of anilines is 2. The van der Waals surface area contributed by atoms with Crippen LogP contribution in [0.25, 0.3) is 16.7 Å². The molecule has 3 aromatic rings. The minimum atomic E-state index is -0.102. The molecular weight excluding hydrogens is 524 g/mol. The maximum Gasteiger partial charge on any atom is 0.256 e. The molecule has 8 nitrogen and oxygen atoms in total. The Bertz CT molecular complexity index is 1390. The molecule has 0 saturated carbocycles. The second kappa shape index (κ2) is 14.1. The van der Waals surface area contributed by atoms with E-state index in [0.717, 1.165) is 111 Å². The van der Waals surface area contributed by atoms with Gasteiger partial charge in [-0.1, -0.05) is 31.1 Å². The molecule has 1 amide bonds. The largest absolute Gasteiger partial charge is 0.379 e. The van der Waals surface area contributed by atoms with Gasteiger partial charge >= 0.3 is 0 Å². The number of rotatable bonds is 9. The number of allylic oxidation sites excluding steroid dienone is 1. The molecule has 2 aliphatic heterocycles. The van der Waals surface area contributed by atoms with Crippen LogP contribution in [-0.2, 0) is 16.1 Å². The van der Waals surface area contributed by atoms with E-state index in [4.69, 9.17) is 4.74 Å². The number of nitrogens with one attached hydrogen (secondary N) is 1. The number of likely N-dealkylation sites (N-methyl/N-ethyl adjacent to an activating group) is 1. The van der Waals surface area contributed by atoms with Gasteiger partial charge in [-0.15, -0.1) is 0 Å². The SMILES string of the molecule is CCCC(C)=C(C(=O)Nc1ccc(N2CCN(C)CC2)nc1)c1cc(-c2cncc(CN3CCOCC3)c2)ccc1C. The zero-order chi connectivity index (χ0) is 29.5. The van der Waals surface area contributed by atoms with Crippen LogP contribution in [-0.4, -0.2) is 85.2 Å². The first-order chi connectivity index (χ1) is 20.4. The van der Waals surface area contributed by atoms with Crippen molar-refractivity contribution in [3.8, 4) is 11.1 Å². The molecule has 0 radical (unpaired) electrons. The van der Waals surface area contributed by atoms with Crippen molar-refractivity contribution in [3.05, 3.63) is 77.3 Å². The smallest absolute Gasteiger partial charge is 0.256 e. The zero-order valence-electron chi connectivity index (χ0n) is 25.5. The number of benzene rings is 1. The van der Waals surface area contributed by atoms with Crippen molar-refractivity contribution in [2.75, 3.05) is 69.7 Å². The van der Waals surface area contributed by atoms with Crippen LogP contribution in [0.15, 0.2) is 60.6 Å². The van der Waals surface area contributed by atoms with Gasteiger partial charge in [0.25, 0.3) is 5.91 Å². The summed E-state index contributed by atoms with van der Waals surface area (Å²) in [6, 6.07) is 12.6. The highest BCUT2D eigenvalue weighted by atomic mass is 16.5. The van der Waals surface area contributed by atoms with Crippen molar-refractivity contribution < 1.29 is 9.53 Å². The van der Waals surface area contributed by atoms with E-state index in [0.29, 0.717) is 5.69 Å². The van der Waals surface area contributed by atoms with Crippen LogP contribution in [0.5, 0.6) is 0 Å². The molecule has 0 spiro atoms. The first-order valence-electron chi connectivity index (χ1n) is 15.2. The van der Waals surface area contributed by atoms with Crippen LogP contribution >= 0.6 is 0 Å². The topological polar surface area (TPSA) is 73.8 Å². The summed E-state index contributed by atoms with van der Waals surface area (Å²) in [6.07, 6.45) is 7.45. The maximum absolute atomic E-state index is 13.9. The Hall–Kier alpha value is -3.59. The molecule has 222 valence electrons. The number of aryl methyl sites for hydroxylation is 1. The summed E-state index contributed by atoms with van der Waals surface area (Å²) in [4.78, 5) is 30.1. The van der Waals surface area contributed by atoms with E-state index in [1.807, 2.05) is 24.5 Å². The van der Waals surface area contributed by atoms with E-state index in [1.165, 1.54) is 5.56 Å². The van der Waals surface area contributed by atoms with E-state index >= 15 is 0 Å². The highest BCUT2D eigenvalue weighted by Crippen LogP contribution is 2.31. The number of aromatic nitrogens is 2. The van der Waals surface area contributed by atoms with Crippen LogP contribution in [0.4, 0.5) is 11.5 Å². The predicted molar refractivity (Wildman–Crippen MR) is 171 cm³/mol. The van der Waals surface area contributed by atoms with Crippen molar-refractivity contribution in [2.45, 2.75) is 40.2 Å². The van der Waals surface area contributed by atoms with Gasteiger partial charge < -0.3 is 19.9 Å². The molecule has 1 N–H and O–H groups in total. The number of nitrogens with zero attached hydrogens (tertiary/aromatic N) is 5. The van der Waals surface area contributed by atoms with Gasteiger partial charge in [-0.25, -0.2) is 4.98 Å². The molecule has 1 aromatic carbocycles. The average molecular weight is 569 g/mol. The first-order valence-corrected chi connectivity index (χ1v) is 15.2. The molecule has 0 bridgehead atoms. The summed E-state index contributed by atoms with van der Waals surface area (Å²) in [5, 5.41) is 3.14. The fourth-order valence-electron chi connectivity index (χ4n) is 5.74. The fraction of sp³-hybridized carbons (Fsp3) is 0.441. The van der Waals surface area contributed by atoms with Crippen LogP contribution < -0.4 is 10.2 Å². The highest BCUT2D eigenvalue weighted by Gasteiger charge is 2.20. The first kappa shape index (κ1) is 29.9. The number of ether oxygens (including phenoxy) is 1. The summed E-state index contributed by atoms with van der Waals surface area (Å²) in [7, 11) is 2.15. The summed E-state index contributed by atoms with van der Waals surface area (Å²) in [5.41, 5.74) is 7.83. The Labute approximate surface area is 250 Å². The maximum atomic E-state index is 13.9. The Morgan fingerprint density at radius 1 is 0.952 bits per heavy atom. The minimum Gasteiger partial charge on any atom is -0.379 e. The Morgan fingerprint density at radius 3 is 2.45 bits per heavy atom. The van der Waals surface area contributed by atoms with Crippen molar-refractivity contribution in [1.82, 2.24) is 19.8 Å². The molecule has 2 aliphatic rings. The molecule has 2 aromatic heterocycles. The molecule has 4 heterocycles. The van der Waals surface area contributed by atoms with Gasteiger partial charge in [0.05, 0.1) is 25.1 Å². The number of carbonyl (C=O) groups excluding carboxylic acids is 1. The van der Waals surface area contributed by atoms with E-state index in [2.05, 4.69) is 82.1 Å². The second-order valence-corrected chi connectivity index (χ2v) is 11.6. The Balaban J connectivity index is 1.38. The van der Waals surface area contributed by atoms with Crippen molar-refractivity contribution in [1.29, 1.82) is 0 Å². The lowest BCUT2D eigenvalue weighted by molar-refractivity contribution is -0.111. The van der Waals surface area contributed by atoms with Gasteiger partial charge in [0.15, 0.2) is 0 Å². The normalized spacial score (nSPS) is 17.2. The number of morpholine rings is 1. The molecular formula is C34H44N6O2. The lowest BCUT2D eigenvalue weighted by atomic mass is 9.91. The predicted octanol–water partition coefficient (Wildman–Crippen LogP) is 5.25. The molecule has 5 rings (SSSR count). The number of hydrogen-bond acceptors (Lipinski definition) is 7. The van der Waals surface area contributed by atoms with Crippen molar-refractivity contribution in [2.24, 2.45) is 0 Å². The molecule has 42 heavy (non-hydrogen) atoms. The summed E-state index contributed by atoms with van der Waals surface area (Å²) >= 11 is 0. The van der Waals surface area contributed by atoms with Crippen LogP contribution in [0.1, 0.15) is 43.4 Å². The van der Waals surface area contributed by atoms with E-state index in [1.54, 1.807) is 6.20 Å². The quantitative estimate of drug-likeness (QED) is 0.354. The van der Waals surface area contributed by atoms with Crippen LogP contribution in [0.2, 0.25) is 0 Å². The van der Waals surface area contributed by atoms with E-state index in [-0.39, 0.29) is 5.91 Å². The number of piperazine rings is 1. The van der Waals surface area contributed by atoms with Gasteiger partial charge in [-0.05, 0) is 73.8 Å². The lowest BCUT2D eigenvalue weighted by Crippen LogP contribution is -2.44. The number of hydrogen-bond donors (Lipinski definition) is 1. The summed E-state index contributed by atoms with van der Waals surface area (Å²) in [5.74, 6) is 0.849. The summed E-state index contributed by atoms with van der Waals surface area (Å²) < 4.78 is 5.50. The molecule has 0 aliphatic carbocycles. The standard InChI is InChI=1S/C34H44N6O2/c1-5-6-26(3)33(34(41)37-30-9-10-32(36-23-30)40-13-11-38(4)12-14-40)31-20-28(8-7-25(31)2)29-19-27(21-35-22-29)24-39-15-17-42-18-16-39/h7-10,19-23H,5-6,11-18,24H2,1-4H3,(H,37,41). The molecule has 2 saturated heterocycles. The van der Waals surface area contributed by atoms with Gasteiger partial charge in [-0.3, -0.25) is 14.7 Å². The second-order valence-electron chi connectivity index (χ2n) is 11.6. The number of carbonyl (C=O) groups is 1. The molecule has 0 atom stereocenters. The van der Waals surface area contributed by atoms with E-state index < -0.39 is 0 Å². The highest BCUT2D eigenvalue weighted by molar-refractivity contribution is 6.26. The zero-order valence-corrected chi connectivity index (χ0v) is 25.5. The molecule has 2 fully saturated rings. The fourth-order valence-corrected chi connectivity index (χ4v) is 5.74. The lowest BCUT2D eigenvalue weighted by Gasteiger charge is -2.33. The third-order valence-electron chi connectivity index (χ3n) is 8.26. The number of pyridine rings is 2. The number of amides is 1. The van der Waals surface area contributed by atoms with Crippen LogP contribution in [0, 0.1) is 6.92 Å².